The van der Waals surface area contributed by atoms with Gasteiger partial charge >= 0.3 is 0 Å². The Bertz CT molecular complexity index is 508. The van der Waals surface area contributed by atoms with Crippen LogP contribution in [0.5, 0.6) is 5.75 Å². The van der Waals surface area contributed by atoms with Gasteiger partial charge in [-0.05, 0) is 18.2 Å². The van der Waals surface area contributed by atoms with E-state index >= 15 is 0 Å². The first-order chi connectivity index (χ1) is 7.33. The Kier molecular flexibility index (Phi) is 2.42. The summed E-state index contributed by atoms with van der Waals surface area (Å²) in [6, 6.07) is 11.6. The Morgan fingerprint density at radius 1 is 1.33 bits per heavy atom. The number of benzene rings is 1. The van der Waals surface area contributed by atoms with Crippen LogP contribution >= 0.6 is 0 Å². The van der Waals surface area contributed by atoms with E-state index in [1.54, 1.807) is 19.4 Å². The van der Waals surface area contributed by atoms with Gasteiger partial charge in [0.05, 0.1) is 12.7 Å². The number of hydrogen-bond acceptors (Lipinski definition) is 2. The van der Waals surface area contributed by atoms with Gasteiger partial charge in [0.1, 0.15) is 11.8 Å². The summed E-state index contributed by atoms with van der Waals surface area (Å²) in [6.45, 7) is 0. The zero-order chi connectivity index (χ0) is 10.7. The highest BCUT2D eigenvalue weighted by molar-refractivity contribution is 5.41. The van der Waals surface area contributed by atoms with Crippen LogP contribution < -0.4 is 4.74 Å². The molecule has 0 amide bonds. The van der Waals surface area contributed by atoms with Crippen LogP contribution in [0.1, 0.15) is 5.56 Å². The topological polar surface area (TPSA) is 38.0 Å². The summed E-state index contributed by atoms with van der Waals surface area (Å²) >= 11 is 0. The molecule has 0 saturated carbocycles. The molecule has 3 heteroatoms. The molecule has 0 spiro atoms. The van der Waals surface area contributed by atoms with Crippen molar-refractivity contribution in [1.29, 1.82) is 5.26 Å². The van der Waals surface area contributed by atoms with Crippen molar-refractivity contribution in [2.24, 2.45) is 0 Å². The third kappa shape index (κ3) is 1.84. The number of nitrogens with zero attached hydrogens (tertiary/aromatic N) is 2. The Morgan fingerprint density at radius 2 is 2.20 bits per heavy atom. The van der Waals surface area contributed by atoms with Gasteiger partial charge in [0.25, 0.3) is 0 Å². The van der Waals surface area contributed by atoms with Crippen LogP contribution in [0.3, 0.4) is 0 Å². The molecule has 2 aromatic rings. The minimum Gasteiger partial charge on any atom is -0.497 e. The van der Waals surface area contributed by atoms with Gasteiger partial charge in [-0.1, -0.05) is 6.07 Å². The fourth-order valence-corrected chi connectivity index (χ4v) is 1.39. The molecule has 0 saturated heterocycles. The molecule has 3 nitrogen and oxygen atoms in total. The monoisotopic (exact) mass is 198 g/mol. The van der Waals surface area contributed by atoms with E-state index in [0.29, 0.717) is 5.56 Å². The minimum absolute atomic E-state index is 0.651. The highest BCUT2D eigenvalue weighted by Gasteiger charge is 1.99. The van der Waals surface area contributed by atoms with Crippen molar-refractivity contribution in [3.05, 3.63) is 48.3 Å². The van der Waals surface area contributed by atoms with Gasteiger partial charge in [0.15, 0.2) is 0 Å². The lowest BCUT2D eigenvalue weighted by atomic mass is 10.3. The van der Waals surface area contributed by atoms with Gasteiger partial charge in [0.2, 0.25) is 0 Å². The fourth-order valence-electron chi connectivity index (χ4n) is 1.39. The van der Waals surface area contributed by atoms with Crippen molar-refractivity contribution >= 4 is 0 Å². The number of aromatic nitrogens is 1. The molecule has 0 atom stereocenters. The van der Waals surface area contributed by atoms with Crippen LogP contribution in [-0.2, 0) is 0 Å². The van der Waals surface area contributed by atoms with Crippen molar-refractivity contribution in [1.82, 2.24) is 4.57 Å². The molecule has 1 aromatic heterocycles. The Labute approximate surface area is 88.1 Å². The van der Waals surface area contributed by atoms with Crippen LogP contribution in [0.2, 0.25) is 0 Å². The summed E-state index contributed by atoms with van der Waals surface area (Å²) in [5.74, 6) is 0.805. The van der Waals surface area contributed by atoms with Gasteiger partial charge in [-0.3, -0.25) is 0 Å². The van der Waals surface area contributed by atoms with E-state index < -0.39 is 0 Å². The third-order valence-electron chi connectivity index (χ3n) is 2.17. The highest BCUT2D eigenvalue weighted by atomic mass is 16.5. The van der Waals surface area contributed by atoms with E-state index in [2.05, 4.69) is 6.07 Å². The smallest absolute Gasteiger partial charge is 0.120 e. The van der Waals surface area contributed by atoms with E-state index in [0.717, 1.165) is 11.4 Å². The fraction of sp³-hybridized carbons (Fsp3) is 0.0833. The van der Waals surface area contributed by atoms with Gasteiger partial charge in [-0.2, -0.15) is 5.26 Å². The van der Waals surface area contributed by atoms with Crippen molar-refractivity contribution in [3.63, 3.8) is 0 Å². The largest absolute Gasteiger partial charge is 0.497 e. The Morgan fingerprint density at radius 3 is 2.87 bits per heavy atom. The molecule has 0 aliphatic carbocycles. The van der Waals surface area contributed by atoms with Gasteiger partial charge in [0, 0.05) is 24.1 Å². The predicted molar refractivity (Wildman–Crippen MR) is 57.0 cm³/mol. The summed E-state index contributed by atoms with van der Waals surface area (Å²) in [5.41, 5.74) is 1.63. The lowest BCUT2D eigenvalue weighted by molar-refractivity contribution is 0.414. The SMILES string of the molecule is COc1cccc(-n2ccc(C#N)c2)c1. The maximum absolute atomic E-state index is 8.71. The average molecular weight is 198 g/mol. The van der Waals surface area contributed by atoms with E-state index in [4.69, 9.17) is 10.00 Å². The van der Waals surface area contributed by atoms with E-state index in [1.165, 1.54) is 0 Å². The van der Waals surface area contributed by atoms with Crippen LogP contribution in [-0.4, -0.2) is 11.7 Å². The normalized spacial score (nSPS) is 9.60. The molecule has 2 rings (SSSR count). The molecule has 0 aliphatic heterocycles. The van der Waals surface area contributed by atoms with Crippen molar-refractivity contribution in [2.45, 2.75) is 0 Å². The molecule has 0 aliphatic rings. The quantitative estimate of drug-likeness (QED) is 0.742. The maximum atomic E-state index is 8.71. The first-order valence-corrected chi connectivity index (χ1v) is 4.56. The lowest BCUT2D eigenvalue weighted by Gasteiger charge is -2.04. The molecule has 1 aromatic carbocycles. The van der Waals surface area contributed by atoms with E-state index in [9.17, 15) is 0 Å². The third-order valence-corrected chi connectivity index (χ3v) is 2.17. The van der Waals surface area contributed by atoms with Crippen molar-refractivity contribution < 1.29 is 4.74 Å². The van der Waals surface area contributed by atoms with E-state index in [-0.39, 0.29) is 0 Å². The Hall–Kier alpha value is -2.21. The van der Waals surface area contributed by atoms with E-state index in [1.807, 2.05) is 35.0 Å². The highest BCUT2D eigenvalue weighted by Crippen LogP contribution is 2.17. The van der Waals surface area contributed by atoms with Gasteiger partial charge < -0.3 is 9.30 Å². The summed E-state index contributed by atoms with van der Waals surface area (Å²) in [6.07, 6.45) is 3.64. The molecule has 0 fully saturated rings. The van der Waals surface area contributed by atoms with Crippen LogP contribution in [0.4, 0.5) is 0 Å². The lowest BCUT2D eigenvalue weighted by Crippen LogP contribution is -1.90. The van der Waals surface area contributed by atoms with Crippen molar-refractivity contribution in [2.75, 3.05) is 7.11 Å². The molecule has 0 N–H and O–H groups in total. The molecule has 0 bridgehead atoms. The molecule has 0 unspecified atom stereocenters. The number of methoxy groups -OCH3 is 1. The summed E-state index contributed by atoms with van der Waals surface area (Å²) in [4.78, 5) is 0. The summed E-state index contributed by atoms with van der Waals surface area (Å²) in [7, 11) is 1.63. The minimum atomic E-state index is 0.651. The standard InChI is InChI=1S/C12H10N2O/c1-15-12-4-2-3-11(7-12)14-6-5-10(8-13)9-14/h2-7,9H,1H3. The maximum Gasteiger partial charge on any atom is 0.120 e. The Balaban J connectivity index is 2.41. The predicted octanol–water partition coefficient (Wildman–Crippen LogP) is 2.36. The first-order valence-electron chi connectivity index (χ1n) is 4.56. The molecule has 15 heavy (non-hydrogen) atoms. The van der Waals surface area contributed by atoms with Gasteiger partial charge in [-0.25, -0.2) is 0 Å². The molecule has 0 radical (unpaired) electrons. The van der Waals surface area contributed by atoms with Crippen LogP contribution in [0.15, 0.2) is 42.7 Å². The second-order valence-electron chi connectivity index (χ2n) is 3.12. The zero-order valence-corrected chi connectivity index (χ0v) is 8.34. The number of nitriles is 1. The average Bonchev–Trinajstić information content (AvgIpc) is 2.78. The molecular formula is C12H10N2O. The summed E-state index contributed by atoms with van der Waals surface area (Å²) in [5, 5.41) is 8.71. The van der Waals surface area contributed by atoms with Crippen molar-refractivity contribution in [3.8, 4) is 17.5 Å². The molecule has 74 valence electrons. The zero-order valence-electron chi connectivity index (χ0n) is 8.34. The van der Waals surface area contributed by atoms with Crippen LogP contribution in [0, 0.1) is 11.3 Å². The first kappa shape index (κ1) is 9.35. The number of rotatable bonds is 2. The van der Waals surface area contributed by atoms with Crippen LogP contribution in [0.25, 0.3) is 5.69 Å². The molecule has 1 heterocycles. The second kappa shape index (κ2) is 3.89. The van der Waals surface area contributed by atoms with Gasteiger partial charge in [-0.15, -0.1) is 0 Å². The molecular weight excluding hydrogens is 188 g/mol. The second-order valence-corrected chi connectivity index (χ2v) is 3.12. The number of ether oxygens (including phenoxy) is 1. The summed E-state index contributed by atoms with van der Waals surface area (Å²) < 4.78 is 7.02. The number of hydrogen-bond donors (Lipinski definition) is 0.